The summed E-state index contributed by atoms with van der Waals surface area (Å²) in [6, 6.07) is 4.62. The van der Waals surface area contributed by atoms with Gasteiger partial charge in [-0.3, -0.25) is 0 Å². The molecule has 0 heterocycles. The van der Waals surface area contributed by atoms with Crippen molar-refractivity contribution in [1.29, 1.82) is 0 Å². The molecule has 2 N–H and O–H groups in total. The number of carboxylic acids is 2. The standard InChI is InChI=1S/C14H14O4/c15-13(16)11-8-4-7-10(12(11)14(17)18)9-5-2-1-3-6-9/h4-5,7-8H,1-3,6H2,(H,15,16)(H,17,18). The Kier molecular flexibility index (Phi) is 3.46. The van der Waals surface area contributed by atoms with Crippen molar-refractivity contribution in [2.75, 3.05) is 0 Å². The fourth-order valence-corrected chi connectivity index (χ4v) is 2.31. The van der Waals surface area contributed by atoms with Crippen molar-refractivity contribution in [2.45, 2.75) is 25.7 Å². The van der Waals surface area contributed by atoms with E-state index in [0.29, 0.717) is 5.56 Å². The van der Waals surface area contributed by atoms with Crippen LogP contribution in [-0.2, 0) is 0 Å². The van der Waals surface area contributed by atoms with Crippen molar-refractivity contribution in [2.24, 2.45) is 0 Å². The Morgan fingerprint density at radius 1 is 1.06 bits per heavy atom. The number of carbonyl (C=O) groups is 2. The van der Waals surface area contributed by atoms with Crippen molar-refractivity contribution in [3.8, 4) is 0 Å². The second-order valence-corrected chi connectivity index (χ2v) is 4.31. The van der Waals surface area contributed by atoms with Crippen LogP contribution in [0.25, 0.3) is 5.57 Å². The molecule has 0 saturated heterocycles. The number of aromatic carboxylic acids is 2. The third-order valence-electron chi connectivity index (χ3n) is 3.15. The summed E-state index contributed by atoms with van der Waals surface area (Å²) in [7, 11) is 0. The van der Waals surface area contributed by atoms with Gasteiger partial charge in [0, 0.05) is 0 Å². The summed E-state index contributed by atoms with van der Waals surface area (Å²) in [4.78, 5) is 22.4. The van der Waals surface area contributed by atoms with E-state index in [9.17, 15) is 14.7 Å². The Morgan fingerprint density at radius 2 is 1.83 bits per heavy atom. The Morgan fingerprint density at radius 3 is 2.39 bits per heavy atom. The van der Waals surface area contributed by atoms with E-state index in [4.69, 9.17) is 5.11 Å². The van der Waals surface area contributed by atoms with Crippen LogP contribution in [-0.4, -0.2) is 22.2 Å². The molecule has 0 aliphatic heterocycles. The van der Waals surface area contributed by atoms with E-state index in [1.165, 1.54) is 6.07 Å². The summed E-state index contributed by atoms with van der Waals surface area (Å²) < 4.78 is 0. The Bertz CT molecular complexity index is 529. The first-order chi connectivity index (χ1) is 8.61. The monoisotopic (exact) mass is 246 g/mol. The maximum absolute atomic E-state index is 11.3. The second kappa shape index (κ2) is 5.04. The molecule has 0 spiro atoms. The molecule has 18 heavy (non-hydrogen) atoms. The van der Waals surface area contributed by atoms with Crippen molar-refractivity contribution in [3.05, 3.63) is 41.0 Å². The molecule has 4 nitrogen and oxygen atoms in total. The van der Waals surface area contributed by atoms with E-state index in [2.05, 4.69) is 0 Å². The fourth-order valence-electron chi connectivity index (χ4n) is 2.31. The molecule has 0 aromatic heterocycles. The zero-order valence-electron chi connectivity index (χ0n) is 9.85. The quantitative estimate of drug-likeness (QED) is 0.859. The van der Waals surface area contributed by atoms with Crippen LogP contribution >= 0.6 is 0 Å². The molecule has 1 aliphatic rings. The third kappa shape index (κ3) is 2.27. The van der Waals surface area contributed by atoms with Crippen LogP contribution in [0.5, 0.6) is 0 Å². The number of hydrogen-bond donors (Lipinski definition) is 2. The summed E-state index contributed by atoms with van der Waals surface area (Å²) in [6.07, 6.45) is 5.86. The Balaban J connectivity index is 2.59. The number of benzene rings is 1. The molecule has 0 atom stereocenters. The van der Waals surface area contributed by atoms with Gasteiger partial charge < -0.3 is 10.2 Å². The number of rotatable bonds is 3. The maximum atomic E-state index is 11.3. The van der Waals surface area contributed by atoms with Gasteiger partial charge in [0.2, 0.25) is 0 Å². The van der Waals surface area contributed by atoms with Crippen molar-refractivity contribution in [1.82, 2.24) is 0 Å². The lowest BCUT2D eigenvalue weighted by Crippen LogP contribution is -2.11. The Labute approximate surface area is 105 Å². The number of carboxylic acid groups (broad SMARTS) is 2. The van der Waals surface area contributed by atoms with Gasteiger partial charge in [-0.15, -0.1) is 0 Å². The summed E-state index contributed by atoms with van der Waals surface area (Å²) in [5, 5.41) is 18.3. The van der Waals surface area contributed by atoms with Crippen LogP contribution < -0.4 is 0 Å². The first kappa shape index (κ1) is 12.4. The first-order valence-electron chi connectivity index (χ1n) is 5.90. The van der Waals surface area contributed by atoms with Crippen LogP contribution in [0.2, 0.25) is 0 Å². The summed E-state index contributed by atoms with van der Waals surface area (Å²) in [6.45, 7) is 0. The van der Waals surface area contributed by atoms with Crippen LogP contribution in [0.3, 0.4) is 0 Å². The number of hydrogen-bond acceptors (Lipinski definition) is 2. The summed E-state index contributed by atoms with van der Waals surface area (Å²) in [5.41, 5.74) is 1.24. The molecule has 0 amide bonds. The number of allylic oxidation sites excluding steroid dienone is 2. The molecular formula is C14H14O4. The minimum Gasteiger partial charge on any atom is -0.478 e. The summed E-state index contributed by atoms with van der Waals surface area (Å²) >= 11 is 0. The van der Waals surface area contributed by atoms with Gasteiger partial charge in [-0.05, 0) is 42.9 Å². The van der Waals surface area contributed by atoms with Crippen LogP contribution in [0.1, 0.15) is 52.0 Å². The fraction of sp³-hybridized carbons (Fsp3) is 0.286. The highest BCUT2D eigenvalue weighted by Crippen LogP contribution is 2.30. The molecule has 0 radical (unpaired) electrons. The molecule has 0 unspecified atom stereocenters. The van der Waals surface area contributed by atoms with E-state index >= 15 is 0 Å². The lowest BCUT2D eigenvalue weighted by atomic mass is 9.89. The van der Waals surface area contributed by atoms with Gasteiger partial charge in [0.1, 0.15) is 0 Å². The molecule has 0 fully saturated rings. The van der Waals surface area contributed by atoms with Gasteiger partial charge >= 0.3 is 11.9 Å². The molecule has 0 saturated carbocycles. The van der Waals surface area contributed by atoms with E-state index in [-0.39, 0.29) is 11.1 Å². The molecule has 1 aliphatic carbocycles. The van der Waals surface area contributed by atoms with Crippen molar-refractivity contribution in [3.63, 3.8) is 0 Å². The van der Waals surface area contributed by atoms with E-state index in [0.717, 1.165) is 31.3 Å². The van der Waals surface area contributed by atoms with Gasteiger partial charge in [-0.1, -0.05) is 18.2 Å². The molecule has 1 aromatic rings. The Hall–Kier alpha value is -2.10. The first-order valence-corrected chi connectivity index (χ1v) is 5.90. The highest BCUT2D eigenvalue weighted by molar-refractivity contribution is 6.05. The summed E-state index contributed by atoms with van der Waals surface area (Å²) in [5.74, 6) is -2.39. The minimum absolute atomic E-state index is 0.0989. The van der Waals surface area contributed by atoms with Crippen molar-refractivity contribution >= 4 is 17.5 Å². The second-order valence-electron chi connectivity index (χ2n) is 4.31. The van der Waals surface area contributed by atoms with Gasteiger partial charge in [0.15, 0.2) is 0 Å². The largest absolute Gasteiger partial charge is 0.478 e. The maximum Gasteiger partial charge on any atom is 0.337 e. The smallest absolute Gasteiger partial charge is 0.337 e. The average molecular weight is 246 g/mol. The van der Waals surface area contributed by atoms with Gasteiger partial charge in [-0.2, -0.15) is 0 Å². The predicted molar refractivity (Wildman–Crippen MR) is 66.8 cm³/mol. The minimum atomic E-state index is -1.20. The van der Waals surface area contributed by atoms with Crippen molar-refractivity contribution < 1.29 is 19.8 Å². The van der Waals surface area contributed by atoms with Crippen LogP contribution in [0, 0.1) is 0 Å². The molecular weight excluding hydrogens is 232 g/mol. The third-order valence-corrected chi connectivity index (χ3v) is 3.15. The van der Waals surface area contributed by atoms with E-state index in [1.807, 2.05) is 6.08 Å². The molecule has 0 bridgehead atoms. The topological polar surface area (TPSA) is 74.6 Å². The molecule has 2 rings (SSSR count). The lowest BCUT2D eigenvalue weighted by molar-refractivity contribution is 0.0651. The van der Waals surface area contributed by atoms with Gasteiger partial charge in [0.05, 0.1) is 11.1 Å². The predicted octanol–water partition coefficient (Wildman–Crippen LogP) is 3.04. The van der Waals surface area contributed by atoms with E-state index < -0.39 is 11.9 Å². The molecule has 94 valence electrons. The average Bonchev–Trinajstić information content (AvgIpc) is 2.38. The highest BCUT2D eigenvalue weighted by atomic mass is 16.4. The van der Waals surface area contributed by atoms with Gasteiger partial charge in [0.25, 0.3) is 0 Å². The van der Waals surface area contributed by atoms with Gasteiger partial charge in [-0.25, -0.2) is 9.59 Å². The zero-order valence-corrected chi connectivity index (χ0v) is 9.85. The zero-order chi connectivity index (χ0) is 13.1. The molecule has 4 heteroatoms. The van der Waals surface area contributed by atoms with E-state index in [1.54, 1.807) is 12.1 Å². The van der Waals surface area contributed by atoms with Crippen LogP contribution in [0.15, 0.2) is 24.3 Å². The lowest BCUT2D eigenvalue weighted by Gasteiger charge is -2.16. The SMILES string of the molecule is O=C(O)c1cccc(C2=CCCCC2)c1C(=O)O. The highest BCUT2D eigenvalue weighted by Gasteiger charge is 2.22. The normalized spacial score (nSPS) is 15.0. The van der Waals surface area contributed by atoms with Crippen LogP contribution in [0.4, 0.5) is 0 Å². The molecule has 1 aromatic carbocycles.